The van der Waals surface area contributed by atoms with Crippen molar-refractivity contribution in [1.82, 2.24) is 4.72 Å². The first kappa shape index (κ1) is 17.9. The van der Waals surface area contributed by atoms with Gasteiger partial charge in [-0.25, -0.2) is 17.5 Å². The Hall–Kier alpha value is -1.14. The van der Waals surface area contributed by atoms with Crippen LogP contribution >= 0.6 is 0 Å². The van der Waals surface area contributed by atoms with Crippen molar-refractivity contribution in [3.63, 3.8) is 0 Å². The van der Waals surface area contributed by atoms with Crippen molar-refractivity contribution in [2.75, 3.05) is 13.7 Å². The minimum Gasteiger partial charge on any atom is -0.494 e. The fourth-order valence-corrected chi connectivity index (χ4v) is 3.20. The molecule has 6 heteroatoms. The van der Waals surface area contributed by atoms with Crippen LogP contribution in [0.1, 0.15) is 39.5 Å². The first-order valence-corrected chi connectivity index (χ1v) is 8.76. The van der Waals surface area contributed by atoms with Crippen LogP contribution in [-0.2, 0) is 10.0 Å². The molecule has 0 saturated carbocycles. The van der Waals surface area contributed by atoms with Crippen LogP contribution in [0, 0.1) is 11.7 Å². The summed E-state index contributed by atoms with van der Waals surface area (Å²) >= 11 is 0. The topological polar surface area (TPSA) is 55.4 Å². The second-order valence-corrected chi connectivity index (χ2v) is 6.83. The van der Waals surface area contributed by atoms with Gasteiger partial charge >= 0.3 is 0 Å². The summed E-state index contributed by atoms with van der Waals surface area (Å²) in [7, 11) is -2.35. The Labute approximate surface area is 126 Å². The summed E-state index contributed by atoms with van der Waals surface area (Å²) in [6, 6.07) is 3.64. The second kappa shape index (κ2) is 8.34. The van der Waals surface area contributed by atoms with E-state index in [0.29, 0.717) is 12.5 Å². The Morgan fingerprint density at radius 3 is 2.57 bits per heavy atom. The third-order valence-corrected chi connectivity index (χ3v) is 4.96. The number of hydrogen-bond donors (Lipinski definition) is 1. The fourth-order valence-electron chi connectivity index (χ4n) is 2.07. The summed E-state index contributed by atoms with van der Waals surface area (Å²) in [5.74, 6) is -0.343. The molecule has 1 N–H and O–H groups in total. The average Bonchev–Trinajstić information content (AvgIpc) is 2.47. The number of rotatable bonds is 9. The molecular weight excluding hydrogens is 293 g/mol. The molecule has 0 aliphatic carbocycles. The summed E-state index contributed by atoms with van der Waals surface area (Å²) in [5.41, 5.74) is 0. The van der Waals surface area contributed by atoms with Gasteiger partial charge in [0.25, 0.3) is 0 Å². The van der Waals surface area contributed by atoms with Crippen molar-refractivity contribution in [2.24, 2.45) is 5.92 Å². The molecule has 120 valence electrons. The van der Waals surface area contributed by atoms with Crippen molar-refractivity contribution < 1.29 is 17.5 Å². The minimum absolute atomic E-state index is 0.0309. The van der Waals surface area contributed by atoms with Crippen LogP contribution in [0.2, 0.25) is 0 Å². The van der Waals surface area contributed by atoms with Crippen LogP contribution < -0.4 is 9.46 Å². The van der Waals surface area contributed by atoms with Gasteiger partial charge in [-0.3, -0.25) is 0 Å². The van der Waals surface area contributed by atoms with E-state index in [2.05, 4.69) is 11.6 Å². The molecule has 0 unspecified atom stereocenters. The van der Waals surface area contributed by atoms with E-state index >= 15 is 0 Å². The Kier molecular flexibility index (Phi) is 7.11. The molecular formula is C15H24FNO3S. The molecule has 0 aliphatic rings. The van der Waals surface area contributed by atoms with Crippen LogP contribution in [0.4, 0.5) is 4.39 Å². The van der Waals surface area contributed by atoms with Gasteiger partial charge in [-0.2, -0.15) is 0 Å². The Morgan fingerprint density at radius 2 is 2.05 bits per heavy atom. The lowest BCUT2D eigenvalue weighted by Gasteiger charge is -2.15. The van der Waals surface area contributed by atoms with Crippen LogP contribution in [0.5, 0.6) is 5.75 Å². The smallest absolute Gasteiger partial charge is 0.240 e. The van der Waals surface area contributed by atoms with Gasteiger partial charge in [0.05, 0.1) is 12.0 Å². The predicted octanol–water partition coefficient (Wildman–Crippen LogP) is 3.33. The van der Waals surface area contributed by atoms with Gasteiger partial charge in [-0.05, 0) is 30.5 Å². The highest BCUT2D eigenvalue weighted by atomic mass is 32.2. The maximum absolute atomic E-state index is 13.6. The molecule has 0 saturated heterocycles. The van der Waals surface area contributed by atoms with Crippen molar-refractivity contribution in [3.8, 4) is 5.75 Å². The van der Waals surface area contributed by atoms with Crippen molar-refractivity contribution in [3.05, 3.63) is 24.0 Å². The van der Waals surface area contributed by atoms with E-state index in [0.717, 1.165) is 31.7 Å². The maximum atomic E-state index is 13.6. The average molecular weight is 317 g/mol. The van der Waals surface area contributed by atoms with E-state index in [9.17, 15) is 12.8 Å². The highest BCUT2D eigenvalue weighted by Gasteiger charge is 2.18. The predicted molar refractivity (Wildman–Crippen MR) is 81.4 cm³/mol. The highest BCUT2D eigenvalue weighted by molar-refractivity contribution is 7.89. The van der Waals surface area contributed by atoms with E-state index < -0.39 is 15.8 Å². The van der Waals surface area contributed by atoms with Gasteiger partial charge in [-0.1, -0.05) is 33.1 Å². The van der Waals surface area contributed by atoms with E-state index in [-0.39, 0.29) is 10.6 Å². The maximum Gasteiger partial charge on any atom is 0.240 e. The Bertz CT molecular complexity index is 546. The number of nitrogens with one attached hydrogen (secondary N) is 1. The van der Waals surface area contributed by atoms with Gasteiger partial charge in [0.15, 0.2) is 11.6 Å². The lowest BCUT2D eigenvalue weighted by atomic mass is 10.00. The van der Waals surface area contributed by atoms with Crippen molar-refractivity contribution in [1.29, 1.82) is 0 Å². The van der Waals surface area contributed by atoms with E-state index in [1.54, 1.807) is 0 Å². The lowest BCUT2D eigenvalue weighted by Crippen LogP contribution is -2.29. The molecule has 1 aromatic carbocycles. The fraction of sp³-hybridized carbons (Fsp3) is 0.600. The first-order chi connectivity index (χ1) is 9.94. The van der Waals surface area contributed by atoms with E-state index in [1.165, 1.54) is 19.2 Å². The number of benzene rings is 1. The van der Waals surface area contributed by atoms with Gasteiger partial charge < -0.3 is 4.74 Å². The molecule has 0 radical (unpaired) electrons. The molecule has 1 rings (SSSR count). The number of unbranched alkanes of at least 4 members (excludes halogenated alkanes) is 1. The molecule has 0 fully saturated rings. The van der Waals surface area contributed by atoms with Crippen LogP contribution in [0.3, 0.4) is 0 Å². The third kappa shape index (κ3) is 5.28. The Balaban J connectivity index is 2.74. The molecule has 0 bridgehead atoms. The number of sulfonamides is 1. The van der Waals surface area contributed by atoms with Crippen LogP contribution in [-0.4, -0.2) is 22.1 Å². The summed E-state index contributed by atoms with van der Waals surface area (Å²) in [5, 5.41) is 0. The largest absolute Gasteiger partial charge is 0.494 e. The molecule has 0 aliphatic heterocycles. The quantitative estimate of drug-likeness (QED) is 0.760. The molecule has 0 aromatic heterocycles. The normalized spacial score (nSPS) is 13.1. The molecule has 21 heavy (non-hydrogen) atoms. The van der Waals surface area contributed by atoms with Gasteiger partial charge in [0.1, 0.15) is 0 Å². The zero-order valence-electron chi connectivity index (χ0n) is 12.9. The number of halogens is 1. The van der Waals surface area contributed by atoms with E-state index in [1.807, 2.05) is 6.92 Å². The van der Waals surface area contributed by atoms with Gasteiger partial charge in [0.2, 0.25) is 10.0 Å². The molecule has 1 atom stereocenters. The van der Waals surface area contributed by atoms with Gasteiger partial charge in [-0.15, -0.1) is 0 Å². The molecule has 1 aromatic rings. The standard InChI is InChI=1S/C15H24FNO3S/c1-4-6-7-12(5-2)11-17-21(18,19)13-8-9-15(20-3)14(16)10-13/h8-10,12,17H,4-7,11H2,1-3H3/t12-/m0/s1. The second-order valence-electron chi connectivity index (χ2n) is 5.06. The third-order valence-electron chi connectivity index (χ3n) is 3.54. The monoisotopic (exact) mass is 317 g/mol. The molecule has 0 heterocycles. The number of methoxy groups -OCH3 is 1. The summed E-state index contributed by atoms with van der Waals surface area (Å²) in [6.45, 7) is 4.53. The molecule has 4 nitrogen and oxygen atoms in total. The molecule has 0 amide bonds. The van der Waals surface area contributed by atoms with E-state index in [4.69, 9.17) is 4.74 Å². The summed E-state index contributed by atoms with van der Waals surface area (Å²) < 4.78 is 45.3. The SMILES string of the molecule is CCCC[C@H](CC)CNS(=O)(=O)c1ccc(OC)c(F)c1. The first-order valence-electron chi connectivity index (χ1n) is 7.27. The van der Waals surface area contributed by atoms with Crippen molar-refractivity contribution in [2.45, 2.75) is 44.4 Å². The van der Waals surface area contributed by atoms with Crippen LogP contribution in [0.15, 0.2) is 23.1 Å². The Morgan fingerprint density at radius 1 is 1.33 bits per heavy atom. The minimum atomic E-state index is -3.68. The van der Waals surface area contributed by atoms with Gasteiger partial charge in [0, 0.05) is 6.54 Å². The lowest BCUT2D eigenvalue weighted by molar-refractivity contribution is 0.385. The zero-order chi connectivity index (χ0) is 15.9. The number of ether oxygens (including phenoxy) is 1. The summed E-state index contributed by atoms with van der Waals surface area (Å²) in [6.07, 6.45) is 4.08. The zero-order valence-corrected chi connectivity index (χ0v) is 13.7. The summed E-state index contributed by atoms with van der Waals surface area (Å²) in [4.78, 5) is -0.0776. The number of hydrogen-bond acceptors (Lipinski definition) is 3. The molecule has 0 spiro atoms. The highest BCUT2D eigenvalue weighted by Crippen LogP contribution is 2.21. The van der Waals surface area contributed by atoms with Crippen molar-refractivity contribution >= 4 is 10.0 Å². The van der Waals surface area contributed by atoms with Crippen LogP contribution in [0.25, 0.3) is 0 Å².